The van der Waals surface area contributed by atoms with Crippen LogP contribution in [0.5, 0.6) is 0 Å². The van der Waals surface area contributed by atoms with E-state index in [4.69, 9.17) is 0 Å². The van der Waals surface area contributed by atoms with E-state index >= 15 is 0 Å². The van der Waals surface area contributed by atoms with Crippen molar-refractivity contribution in [3.63, 3.8) is 0 Å². The van der Waals surface area contributed by atoms with Gasteiger partial charge < -0.3 is 14.7 Å². The molecule has 1 aromatic heterocycles. The van der Waals surface area contributed by atoms with Crippen molar-refractivity contribution in [2.24, 2.45) is 5.92 Å². The van der Waals surface area contributed by atoms with Gasteiger partial charge in [-0.3, -0.25) is 9.59 Å². The molecule has 1 saturated heterocycles. The summed E-state index contributed by atoms with van der Waals surface area (Å²) >= 11 is 0. The Morgan fingerprint density at radius 3 is 2.94 bits per heavy atom. The number of carbonyl (C=O) groups is 2. The number of rotatable bonds is 3. The third kappa shape index (κ3) is 2.66. The Hall–Kier alpha value is -1.92. The molecule has 18 heavy (non-hydrogen) atoms. The molecule has 1 aliphatic heterocycles. The lowest BCUT2D eigenvalue weighted by Gasteiger charge is -2.24. The first kappa shape index (κ1) is 12.5. The third-order valence-electron chi connectivity index (χ3n) is 2.91. The summed E-state index contributed by atoms with van der Waals surface area (Å²) in [6.07, 6.45) is 1.52. The standard InChI is InChI=1S/C11H16N4O3/c1-7(2)10-11(17)15(4-3-9(16)13-10)5-8-12-6-18-14-8/h6-7,10H,3-5H2,1-2H3,(H,13,16). The van der Waals surface area contributed by atoms with Crippen LogP contribution in [0.1, 0.15) is 26.1 Å². The maximum absolute atomic E-state index is 12.3. The van der Waals surface area contributed by atoms with Gasteiger partial charge in [-0.1, -0.05) is 19.0 Å². The Labute approximate surface area is 105 Å². The Kier molecular flexibility index (Phi) is 3.59. The van der Waals surface area contributed by atoms with Gasteiger partial charge in [-0.2, -0.15) is 4.98 Å². The molecule has 1 N–H and O–H groups in total. The second-order valence-corrected chi connectivity index (χ2v) is 4.65. The lowest BCUT2D eigenvalue weighted by Crippen LogP contribution is -2.47. The molecule has 0 radical (unpaired) electrons. The molecule has 2 amide bonds. The van der Waals surface area contributed by atoms with Crippen LogP contribution in [0.15, 0.2) is 10.9 Å². The summed E-state index contributed by atoms with van der Waals surface area (Å²) in [6.45, 7) is 4.46. The van der Waals surface area contributed by atoms with Crippen LogP contribution in [0, 0.1) is 5.92 Å². The minimum Gasteiger partial charge on any atom is -0.344 e. The zero-order valence-corrected chi connectivity index (χ0v) is 10.4. The normalized spacial score (nSPS) is 21.1. The molecule has 1 aliphatic rings. The number of hydrogen-bond donors (Lipinski definition) is 1. The largest absolute Gasteiger partial charge is 0.344 e. The van der Waals surface area contributed by atoms with E-state index in [2.05, 4.69) is 20.0 Å². The van der Waals surface area contributed by atoms with Crippen LogP contribution in [0.2, 0.25) is 0 Å². The molecule has 2 rings (SSSR count). The van der Waals surface area contributed by atoms with Crippen molar-refractivity contribution in [2.45, 2.75) is 32.9 Å². The van der Waals surface area contributed by atoms with Gasteiger partial charge in [-0.15, -0.1) is 0 Å². The van der Waals surface area contributed by atoms with Crippen molar-refractivity contribution in [2.75, 3.05) is 6.54 Å². The maximum Gasteiger partial charge on any atom is 0.245 e. The average Bonchev–Trinajstić information content (AvgIpc) is 2.78. The first-order valence-corrected chi connectivity index (χ1v) is 5.91. The number of amides is 2. The molecule has 1 unspecified atom stereocenters. The SMILES string of the molecule is CC(C)C1NC(=O)CCN(Cc2ncon2)C1=O. The topological polar surface area (TPSA) is 88.3 Å². The Morgan fingerprint density at radius 1 is 1.56 bits per heavy atom. The van der Waals surface area contributed by atoms with Crippen LogP contribution in [0.25, 0.3) is 0 Å². The van der Waals surface area contributed by atoms with Gasteiger partial charge in [0.05, 0.1) is 6.54 Å². The Balaban J connectivity index is 2.13. The molecule has 0 bridgehead atoms. The fourth-order valence-corrected chi connectivity index (χ4v) is 1.89. The van der Waals surface area contributed by atoms with Gasteiger partial charge in [-0.25, -0.2) is 0 Å². The van der Waals surface area contributed by atoms with Crippen LogP contribution in [0.3, 0.4) is 0 Å². The van der Waals surface area contributed by atoms with Crippen molar-refractivity contribution in [3.05, 3.63) is 12.2 Å². The summed E-state index contributed by atoms with van der Waals surface area (Å²) in [5.74, 6) is 0.297. The van der Waals surface area contributed by atoms with Gasteiger partial charge in [0.1, 0.15) is 6.04 Å². The predicted molar refractivity (Wildman–Crippen MR) is 61.1 cm³/mol. The second-order valence-electron chi connectivity index (χ2n) is 4.65. The van der Waals surface area contributed by atoms with E-state index in [1.165, 1.54) is 6.39 Å². The maximum atomic E-state index is 12.3. The first-order chi connectivity index (χ1) is 8.58. The summed E-state index contributed by atoms with van der Waals surface area (Å²) < 4.78 is 4.64. The number of carbonyl (C=O) groups excluding carboxylic acids is 2. The van der Waals surface area contributed by atoms with Gasteiger partial charge >= 0.3 is 0 Å². The minimum atomic E-state index is -0.480. The highest BCUT2D eigenvalue weighted by Crippen LogP contribution is 2.12. The number of nitrogens with zero attached hydrogens (tertiary/aromatic N) is 3. The first-order valence-electron chi connectivity index (χ1n) is 5.91. The van der Waals surface area contributed by atoms with Crippen LogP contribution in [-0.2, 0) is 16.1 Å². The van der Waals surface area contributed by atoms with Gasteiger partial charge in [0.2, 0.25) is 18.2 Å². The number of hydrogen-bond acceptors (Lipinski definition) is 5. The van der Waals surface area contributed by atoms with Gasteiger partial charge in [-0.05, 0) is 5.92 Å². The van der Waals surface area contributed by atoms with Crippen molar-refractivity contribution in [1.82, 2.24) is 20.4 Å². The highest BCUT2D eigenvalue weighted by atomic mass is 16.5. The zero-order valence-electron chi connectivity index (χ0n) is 10.4. The highest BCUT2D eigenvalue weighted by Gasteiger charge is 2.32. The zero-order chi connectivity index (χ0) is 13.1. The molecular weight excluding hydrogens is 236 g/mol. The van der Waals surface area contributed by atoms with E-state index in [9.17, 15) is 9.59 Å². The molecule has 2 heterocycles. The molecule has 1 atom stereocenters. The molecule has 1 fully saturated rings. The Bertz CT molecular complexity index is 430. The summed E-state index contributed by atoms with van der Waals surface area (Å²) in [4.78, 5) is 29.3. The minimum absolute atomic E-state index is 0.0484. The monoisotopic (exact) mass is 252 g/mol. The molecule has 7 heteroatoms. The Morgan fingerprint density at radius 2 is 2.33 bits per heavy atom. The summed E-state index contributed by atoms with van der Waals surface area (Å²) in [5, 5.41) is 6.42. The molecule has 0 aromatic carbocycles. The van der Waals surface area contributed by atoms with Crippen LogP contribution < -0.4 is 5.32 Å². The van der Waals surface area contributed by atoms with Crippen molar-refractivity contribution in [1.29, 1.82) is 0 Å². The van der Waals surface area contributed by atoms with E-state index in [1.807, 2.05) is 13.8 Å². The summed E-state index contributed by atoms with van der Waals surface area (Å²) in [7, 11) is 0. The van der Waals surface area contributed by atoms with Crippen molar-refractivity contribution >= 4 is 11.8 Å². The van der Waals surface area contributed by atoms with Crippen LogP contribution in [0.4, 0.5) is 0 Å². The van der Waals surface area contributed by atoms with Gasteiger partial charge in [0.25, 0.3) is 0 Å². The van der Waals surface area contributed by atoms with E-state index < -0.39 is 6.04 Å². The quantitative estimate of drug-likeness (QED) is 0.814. The second kappa shape index (κ2) is 5.16. The molecule has 98 valence electrons. The highest BCUT2D eigenvalue weighted by molar-refractivity contribution is 5.90. The fourth-order valence-electron chi connectivity index (χ4n) is 1.89. The lowest BCUT2D eigenvalue weighted by molar-refractivity contribution is -0.135. The predicted octanol–water partition coefficient (Wildman–Crippen LogP) is -0.0573. The summed E-state index contributed by atoms with van der Waals surface area (Å²) in [6, 6.07) is -0.480. The van der Waals surface area contributed by atoms with Crippen molar-refractivity contribution in [3.8, 4) is 0 Å². The van der Waals surface area contributed by atoms with E-state index in [0.29, 0.717) is 18.8 Å². The molecule has 7 nitrogen and oxygen atoms in total. The molecular formula is C11H16N4O3. The summed E-state index contributed by atoms with van der Waals surface area (Å²) in [5.41, 5.74) is 0. The molecule has 1 aromatic rings. The average molecular weight is 252 g/mol. The van der Waals surface area contributed by atoms with Crippen LogP contribution in [-0.4, -0.2) is 39.4 Å². The lowest BCUT2D eigenvalue weighted by atomic mass is 10.0. The number of nitrogens with one attached hydrogen (secondary N) is 1. The molecule has 0 saturated carbocycles. The smallest absolute Gasteiger partial charge is 0.245 e. The van der Waals surface area contributed by atoms with Gasteiger partial charge in [0, 0.05) is 13.0 Å². The van der Waals surface area contributed by atoms with Gasteiger partial charge in [0.15, 0.2) is 5.82 Å². The fraction of sp³-hybridized carbons (Fsp3) is 0.636. The van der Waals surface area contributed by atoms with Crippen molar-refractivity contribution < 1.29 is 14.1 Å². The third-order valence-corrected chi connectivity index (χ3v) is 2.91. The van der Waals surface area contributed by atoms with Crippen LogP contribution >= 0.6 is 0 Å². The van der Waals surface area contributed by atoms with E-state index in [0.717, 1.165) is 0 Å². The molecule has 0 spiro atoms. The van der Waals surface area contributed by atoms with E-state index in [-0.39, 0.29) is 24.3 Å². The molecule has 0 aliphatic carbocycles. The number of aromatic nitrogens is 2. The van der Waals surface area contributed by atoms with E-state index in [1.54, 1.807) is 4.90 Å².